The average molecular weight is 621 g/mol. The van der Waals surface area contributed by atoms with Gasteiger partial charge in [0.25, 0.3) is 0 Å². The number of fused-ring (bicyclic) bond motifs is 3. The summed E-state index contributed by atoms with van der Waals surface area (Å²) in [5, 5.41) is 28.1. The molecule has 0 aliphatic heterocycles. The van der Waals surface area contributed by atoms with Crippen molar-refractivity contribution in [1.29, 1.82) is 0 Å². The van der Waals surface area contributed by atoms with Gasteiger partial charge in [-0.25, -0.2) is 9.37 Å². The normalized spacial score (nSPS) is 29.7. The predicted molar refractivity (Wildman–Crippen MR) is 157 cm³/mol. The third kappa shape index (κ3) is 4.37. The van der Waals surface area contributed by atoms with Crippen molar-refractivity contribution in [3.05, 3.63) is 58.7 Å². The van der Waals surface area contributed by atoms with Gasteiger partial charge in [0, 0.05) is 22.8 Å². The van der Waals surface area contributed by atoms with Crippen molar-refractivity contribution < 1.29 is 38.6 Å². The Labute approximate surface area is 254 Å². The van der Waals surface area contributed by atoms with Gasteiger partial charge in [0.15, 0.2) is 34.2 Å². The quantitative estimate of drug-likeness (QED) is 0.244. The molecule has 2 saturated carbocycles. The summed E-state index contributed by atoms with van der Waals surface area (Å²) < 4.78 is 13.3. The summed E-state index contributed by atoms with van der Waals surface area (Å²) >= 11 is 1.22. The minimum absolute atomic E-state index is 0.118. The number of rotatable bonds is 5. The number of likely N-dealkylation sites (N-methyl/N-ethyl adjacent to an activating group) is 1. The molecule has 8 atom stereocenters. The molecule has 1 heterocycles. The van der Waals surface area contributed by atoms with E-state index in [1.165, 1.54) is 28.4 Å². The summed E-state index contributed by atoms with van der Waals surface area (Å²) in [6.45, 7) is 1.71. The Morgan fingerprint density at radius 1 is 1.00 bits per heavy atom. The van der Waals surface area contributed by atoms with E-state index >= 15 is 0 Å². The number of aromatic nitrogens is 1. The number of phenolic OH excluding ortho intramolecular Hbond substituents is 1. The van der Waals surface area contributed by atoms with Crippen molar-refractivity contribution in [3.8, 4) is 17.0 Å². The average Bonchev–Trinajstić information content (AvgIpc) is 3.42. The van der Waals surface area contributed by atoms with Crippen LogP contribution in [0.15, 0.2) is 41.8 Å². The van der Waals surface area contributed by atoms with Gasteiger partial charge in [0.1, 0.15) is 11.6 Å². The van der Waals surface area contributed by atoms with E-state index in [9.17, 15) is 38.6 Å². The molecule has 1 amide bonds. The maximum Gasteiger partial charge on any atom is 0.235 e. The number of hydrogen-bond acceptors (Lipinski definition) is 11. The van der Waals surface area contributed by atoms with Crippen LogP contribution in [0.4, 0.5) is 15.2 Å². The second kappa shape index (κ2) is 10.7. The first kappa shape index (κ1) is 29.7. The van der Waals surface area contributed by atoms with Gasteiger partial charge in [-0.2, -0.15) is 0 Å². The van der Waals surface area contributed by atoms with E-state index in [4.69, 9.17) is 5.73 Å². The number of carbonyl (C=O) groups excluding carboxylic acids is 5. The standard InChI is InChI=1S/C31H29FN4O7S/c1-11-14-8-9-15(34-31-35-16(10-44-31)12-4-6-13(32)7-5-12)24(37)18(14)26(39)20-17(11)25(38)19-21(27(20)40)28(41)22(30(33)43)29(42)23(19)36(2)3/h4-11,17,19-23,25,37-38H,1-3H3,(H2,33,43)(H,34,35)/t11-,17?,19?,20?,21?,22?,23-,25-/m0/s1. The molecule has 13 heteroatoms. The van der Waals surface area contributed by atoms with E-state index < -0.39 is 82.4 Å². The van der Waals surface area contributed by atoms with Crippen LogP contribution in [0.25, 0.3) is 11.3 Å². The van der Waals surface area contributed by atoms with E-state index in [2.05, 4.69) is 10.3 Å². The molecule has 44 heavy (non-hydrogen) atoms. The van der Waals surface area contributed by atoms with E-state index in [0.717, 1.165) is 0 Å². The van der Waals surface area contributed by atoms with Crippen LogP contribution in [0.3, 0.4) is 0 Å². The third-order valence-electron chi connectivity index (χ3n) is 9.24. The Morgan fingerprint density at radius 2 is 1.68 bits per heavy atom. The van der Waals surface area contributed by atoms with E-state index in [1.54, 1.807) is 50.7 Å². The molecule has 3 aliphatic rings. The van der Waals surface area contributed by atoms with Crippen molar-refractivity contribution in [2.75, 3.05) is 19.4 Å². The van der Waals surface area contributed by atoms with Crippen molar-refractivity contribution in [3.63, 3.8) is 0 Å². The number of ketones is 4. The number of carbonyl (C=O) groups is 5. The van der Waals surface area contributed by atoms with Gasteiger partial charge in [-0.3, -0.25) is 28.9 Å². The molecular formula is C31H29FN4O7S. The van der Waals surface area contributed by atoms with E-state index in [1.807, 2.05) is 0 Å². The van der Waals surface area contributed by atoms with Gasteiger partial charge in [0.2, 0.25) is 5.91 Å². The van der Waals surface area contributed by atoms with Gasteiger partial charge in [-0.1, -0.05) is 13.0 Å². The fraction of sp³-hybridized carbons (Fsp3) is 0.355. The Morgan fingerprint density at radius 3 is 2.32 bits per heavy atom. The van der Waals surface area contributed by atoms with E-state index in [-0.39, 0.29) is 17.1 Å². The van der Waals surface area contributed by atoms with Crippen LogP contribution in [0.5, 0.6) is 5.75 Å². The SMILES string of the molecule is C[C@H]1c2ccc(Nc3nc(-c4ccc(F)cc4)cs3)c(O)c2C(=O)C2C(=O)C3C(=O)C(C(N)=O)C(=O)[C@@H](N(C)C)C3[C@@H](O)C21. The number of nitrogens with zero attached hydrogens (tertiary/aromatic N) is 2. The number of amides is 1. The summed E-state index contributed by atoms with van der Waals surface area (Å²) in [4.78, 5) is 72.8. The summed E-state index contributed by atoms with van der Waals surface area (Å²) in [5.74, 6) is -13.1. The van der Waals surface area contributed by atoms with Crippen LogP contribution in [0.2, 0.25) is 0 Å². The minimum Gasteiger partial charge on any atom is -0.505 e. The fourth-order valence-corrected chi connectivity index (χ4v) is 8.01. The highest BCUT2D eigenvalue weighted by Gasteiger charge is 2.65. The molecule has 0 saturated heterocycles. The molecule has 0 bridgehead atoms. The van der Waals surface area contributed by atoms with Gasteiger partial charge < -0.3 is 21.3 Å². The number of phenols is 1. The number of primary amides is 1. The number of benzene rings is 2. The van der Waals surface area contributed by atoms with Crippen molar-refractivity contribution in [2.45, 2.75) is 25.0 Å². The number of thiazole rings is 1. The first-order valence-electron chi connectivity index (χ1n) is 14.0. The summed E-state index contributed by atoms with van der Waals surface area (Å²) in [6.07, 6.45) is -1.43. The van der Waals surface area contributed by atoms with Crippen molar-refractivity contribution in [2.24, 2.45) is 35.3 Å². The zero-order valence-electron chi connectivity index (χ0n) is 23.9. The second-order valence-corrected chi connectivity index (χ2v) is 12.7. The van der Waals surface area contributed by atoms with Crippen molar-refractivity contribution in [1.82, 2.24) is 9.88 Å². The number of nitrogens with two attached hydrogens (primary N) is 1. The molecule has 5 N–H and O–H groups in total. The van der Waals surface area contributed by atoms with Gasteiger partial charge in [-0.15, -0.1) is 11.3 Å². The topological polar surface area (TPSA) is 180 Å². The molecule has 3 aliphatic carbocycles. The largest absolute Gasteiger partial charge is 0.505 e. The van der Waals surface area contributed by atoms with E-state index in [0.29, 0.717) is 22.0 Å². The molecule has 11 nitrogen and oxygen atoms in total. The molecular weight excluding hydrogens is 591 g/mol. The summed E-state index contributed by atoms with van der Waals surface area (Å²) in [6, 6.07) is 7.83. The fourth-order valence-electron chi connectivity index (χ4n) is 7.28. The van der Waals surface area contributed by atoms with Gasteiger partial charge in [-0.05, 0) is 55.9 Å². The Bertz CT molecular complexity index is 1740. The first-order chi connectivity index (χ1) is 20.8. The van der Waals surface area contributed by atoms with Crippen LogP contribution < -0.4 is 11.1 Å². The van der Waals surface area contributed by atoms with Crippen LogP contribution in [-0.2, 0) is 19.2 Å². The van der Waals surface area contributed by atoms with Gasteiger partial charge in [0.05, 0.1) is 40.9 Å². The second-order valence-electron chi connectivity index (χ2n) is 11.8. The Hall–Kier alpha value is -4.33. The zero-order chi connectivity index (χ0) is 31.8. The molecule has 3 aromatic rings. The lowest BCUT2D eigenvalue weighted by Crippen LogP contribution is -2.69. The molecule has 6 rings (SSSR count). The first-order valence-corrected chi connectivity index (χ1v) is 14.8. The van der Waals surface area contributed by atoms with Crippen molar-refractivity contribution >= 4 is 51.2 Å². The number of halogens is 1. The highest BCUT2D eigenvalue weighted by Crippen LogP contribution is 2.54. The third-order valence-corrected chi connectivity index (χ3v) is 9.99. The number of Topliss-reactive ketones (excluding diaryl/α,β-unsaturated/α-hetero) is 4. The van der Waals surface area contributed by atoms with Crippen LogP contribution in [0, 0.1) is 35.4 Å². The highest BCUT2D eigenvalue weighted by molar-refractivity contribution is 7.14. The molecule has 2 aromatic carbocycles. The molecule has 5 unspecified atom stereocenters. The number of aromatic hydroxyl groups is 1. The maximum atomic E-state index is 14.0. The molecule has 228 valence electrons. The zero-order valence-corrected chi connectivity index (χ0v) is 24.7. The molecule has 2 fully saturated rings. The molecule has 0 radical (unpaired) electrons. The highest BCUT2D eigenvalue weighted by atomic mass is 32.1. The number of anilines is 2. The smallest absolute Gasteiger partial charge is 0.235 e. The minimum atomic E-state index is -1.87. The van der Waals surface area contributed by atoms with Crippen LogP contribution in [-0.4, -0.2) is 75.4 Å². The maximum absolute atomic E-state index is 14.0. The van der Waals surface area contributed by atoms with Crippen LogP contribution >= 0.6 is 11.3 Å². The number of aliphatic hydroxyl groups is 1. The Kier molecular flexibility index (Phi) is 7.22. The lowest BCUT2D eigenvalue weighted by Gasteiger charge is -2.52. The van der Waals surface area contributed by atoms with Crippen LogP contribution in [0.1, 0.15) is 28.8 Å². The number of hydrogen-bond donors (Lipinski definition) is 4. The predicted octanol–water partition coefficient (Wildman–Crippen LogP) is 2.29. The monoisotopic (exact) mass is 620 g/mol. The lowest BCUT2D eigenvalue weighted by molar-refractivity contribution is -0.167. The molecule has 1 aromatic heterocycles. The Balaban J connectivity index is 1.37. The molecule has 0 spiro atoms. The summed E-state index contributed by atoms with van der Waals surface area (Å²) in [5.41, 5.74) is 7.08. The number of aliphatic hydroxyl groups excluding tert-OH is 1. The lowest BCUT2D eigenvalue weighted by atomic mass is 9.51. The number of nitrogens with one attached hydrogen (secondary N) is 1. The van der Waals surface area contributed by atoms with Gasteiger partial charge >= 0.3 is 0 Å². The summed E-state index contributed by atoms with van der Waals surface area (Å²) in [7, 11) is 3.08.